The van der Waals surface area contributed by atoms with Gasteiger partial charge in [-0.15, -0.1) is 0 Å². The van der Waals surface area contributed by atoms with E-state index in [2.05, 4.69) is 15.6 Å². The number of hydrogen-bond acceptors (Lipinski definition) is 10. The fourth-order valence-corrected chi connectivity index (χ4v) is 6.53. The summed E-state index contributed by atoms with van der Waals surface area (Å²) in [5.41, 5.74) is 4.74. The molecule has 0 radical (unpaired) electrons. The fraction of sp³-hybridized carbons (Fsp3) is 0.333. The van der Waals surface area contributed by atoms with Gasteiger partial charge in [-0.3, -0.25) is 19.4 Å². The number of ether oxygens (including phenoxy) is 5. The van der Waals surface area contributed by atoms with Crippen LogP contribution in [0.5, 0.6) is 28.7 Å². The molecule has 2 amide bonds. The number of nitrogens with zero attached hydrogens (tertiary/aromatic N) is 2. The number of rotatable bonds is 17. The lowest BCUT2D eigenvalue weighted by Crippen LogP contribution is -2.35. The summed E-state index contributed by atoms with van der Waals surface area (Å²) in [5, 5.41) is 6.29. The van der Waals surface area contributed by atoms with Crippen molar-refractivity contribution >= 4 is 29.5 Å². The second kappa shape index (κ2) is 17.8. The van der Waals surface area contributed by atoms with Crippen LogP contribution in [0.3, 0.4) is 0 Å². The Hall–Kier alpha value is -5.88. The van der Waals surface area contributed by atoms with E-state index in [0.29, 0.717) is 58.7 Å². The van der Waals surface area contributed by atoms with Crippen molar-refractivity contribution in [2.24, 2.45) is 4.99 Å². The summed E-state index contributed by atoms with van der Waals surface area (Å²) in [6, 6.07) is 23.5. The Morgan fingerprint density at radius 2 is 1.63 bits per heavy atom. The summed E-state index contributed by atoms with van der Waals surface area (Å²) in [6.07, 6.45) is 3.67. The van der Waals surface area contributed by atoms with E-state index in [1.807, 2.05) is 60.5 Å². The normalized spacial score (nSPS) is 15.1. The SMILES string of the molecule is COc1ccc(C(NC(=O)CCOc2cc3c(cc2OC)C(=O)N2CCC[C@H]2C=N3)c2ccc(OCC(=O)CNCc3ccc(C)cc3)cc2)c(OC)c1. The van der Waals surface area contributed by atoms with Crippen LogP contribution in [0.4, 0.5) is 5.69 Å². The van der Waals surface area contributed by atoms with Crippen molar-refractivity contribution in [3.05, 3.63) is 107 Å². The van der Waals surface area contributed by atoms with Crippen LogP contribution < -0.4 is 34.3 Å². The van der Waals surface area contributed by atoms with Crippen molar-refractivity contribution in [2.45, 2.75) is 44.8 Å². The lowest BCUT2D eigenvalue weighted by atomic mass is 9.97. The zero-order valence-corrected chi connectivity index (χ0v) is 31.1. The summed E-state index contributed by atoms with van der Waals surface area (Å²) in [4.78, 5) is 45.7. The molecule has 0 spiro atoms. The van der Waals surface area contributed by atoms with E-state index in [-0.39, 0.29) is 49.8 Å². The van der Waals surface area contributed by atoms with E-state index in [1.54, 1.807) is 50.6 Å². The van der Waals surface area contributed by atoms with Gasteiger partial charge in [0, 0.05) is 37.0 Å². The lowest BCUT2D eigenvalue weighted by Gasteiger charge is -2.23. The van der Waals surface area contributed by atoms with Crippen LogP contribution in [-0.4, -0.2) is 82.4 Å². The smallest absolute Gasteiger partial charge is 0.256 e. The largest absolute Gasteiger partial charge is 0.497 e. The van der Waals surface area contributed by atoms with E-state index in [0.717, 1.165) is 24.0 Å². The molecule has 2 heterocycles. The van der Waals surface area contributed by atoms with Gasteiger partial charge in [-0.25, -0.2) is 0 Å². The molecular formula is C42H46N4O8. The molecule has 282 valence electrons. The van der Waals surface area contributed by atoms with Crippen molar-refractivity contribution in [2.75, 3.05) is 47.6 Å². The van der Waals surface area contributed by atoms with Crippen molar-refractivity contribution in [1.29, 1.82) is 0 Å². The van der Waals surface area contributed by atoms with E-state index >= 15 is 0 Å². The summed E-state index contributed by atoms with van der Waals surface area (Å²) in [7, 11) is 4.64. The van der Waals surface area contributed by atoms with Crippen molar-refractivity contribution in [1.82, 2.24) is 15.5 Å². The minimum absolute atomic E-state index is 0.0170. The van der Waals surface area contributed by atoms with Gasteiger partial charge < -0.3 is 39.2 Å². The monoisotopic (exact) mass is 734 g/mol. The number of aliphatic imine (C=N–C) groups is 1. The Morgan fingerprint density at radius 1 is 0.870 bits per heavy atom. The van der Waals surface area contributed by atoms with E-state index in [9.17, 15) is 14.4 Å². The Labute approximate surface area is 315 Å². The number of fused-ring (bicyclic) bond motifs is 2. The number of Topliss-reactive ketones (excluding diaryl/α,β-unsaturated/α-hetero) is 1. The maximum atomic E-state index is 13.5. The first-order valence-corrected chi connectivity index (χ1v) is 18.0. The topological polar surface area (TPSA) is 137 Å². The van der Waals surface area contributed by atoms with Crippen LogP contribution >= 0.6 is 0 Å². The van der Waals surface area contributed by atoms with Crippen molar-refractivity contribution < 1.29 is 38.1 Å². The Bertz CT molecular complexity index is 1980. The molecule has 2 atom stereocenters. The molecule has 12 heteroatoms. The molecule has 2 aliphatic rings. The molecule has 2 aliphatic heterocycles. The second-order valence-corrected chi connectivity index (χ2v) is 13.2. The number of carbonyl (C=O) groups excluding carboxylic acids is 3. The van der Waals surface area contributed by atoms with Gasteiger partial charge in [-0.1, -0.05) is 42.0 Å². The third-order valence-corrected chi connectivity index (χ3v) is 9.49. The van der Waals surface area contributed by atoms with E-state index in [4.69, 9.17) is 23.7 Å². The van der Waals surface area contributed by atoms with Gasteiger partial charge in [0.2, 0.25) is 5.91 Å². The number of aryl methyl sites for hydroxylation is 1. The second-order valence-electron chi connectivity index (χ2n) is 13.2. The van der Waals surface area contributed by atoms with Crippen LogP contribution in [0.1, 0.15) is 57.9 Å². The van der Waals surface area contributed by atoms with Gasteiger partial charge in [0.05, 0.1) is 64.2 Å². The predicted molar refractivity (Wildman–Crippen MR) is 205 cm³/mol. The molecule has 6 rings (SSSR count). The molecule has 0 aliphatic carbocycles. The number of ketones is 1. The van der Waals surface area contributed by atoms with Gasteiger partial charge in [-0.05, 0) is 61.2 Å². The first-order chi connectivity index (χ1) is 26.3. The summed E-state index contributed by atoms with van der Waals surface area (Å²) >= 11 is 0. The summed E-state index contributed by atoms with van der Waals surface area (Å²) in [6.45, 7) is 3.47. The maximum Gasteiger partial charge on any atom is 0.256 e. The van der Waals surface area contributed by atoms with Crippen LogP contribution in [0, 0.1) is 6.92 Å². The molecule has 0 bridgehead atoms. The van der Waals surface area contributed by atoms with Crippen LogP contribution in [0.15, 0.2) is 83.9 Å². The molecule has 2 N–H and O–H groups in total. The molecular weight excluding hydrogens is 688 g/mol. The zero-order chi connectivity index (χ0) is 38.0. The van der Waals surface area contributed by atoms with Crippen LogP contribution in [0.25, 0.3) is 0 Å². The first kappa shape index (κ1) is 37.9. The minimum Gasteiger partial charge on any atom is -0.497 e. The molecule has 1 unspecified atom stereocenters. The highest BCUT2D eigenvalue weighted by Crippen LogP contribution is 2.38. The Morgan fingerprint density at radius 3 is 2.37 bits per heavy atom. The molecule has 12 nitrogen and oxygen atoms in total. The number of carbonyl (C=O) groups is 3. The zero-order valence-electron chi connectivity index (χ0n) is 31.1. The number of methoxy groups -OCH3 is 3. The van der Waals surface area contributed by atoms with Gasteiger partial charge >= 0.3 is 0 Å². The first-order valence-electron chi connectivity index (χ1n) is 18.0. The average molecular weight is 735 g/mol. The average Bonchev–Trinajstić information content (AvgIpc) is 3.63. The summed E-state index contributed by atoms with van der Waals surface area (Å²) < 4.78 is 28.5. The molecule has 1 saturated heterocycles. The third kappa shape index (κ3) is 9.18. The molecule has 4 aromatic rings. The fourth-order valence-electron chi connectivity index (χ4n) is 6.53. The minimum atomic E-state index is -0.600. The van der Waals surface area contributed by atoms with Gasteiger partial charge in [-0.2, -0.15) is 0 Å². The number of benzene rings is 4. The quantitative estimate of drug-likeness (QED) is 0.139. The number of amides is 2. The highest BCUT2D eigenvalue weighted by molar-refractivity contribution is 6.03. The number of hydrogen-bond donors (Lipinski definition) is 2. The molecule has 4 aromatic carbocycles. The predicted octanol–water partition coefficient (Wildman–Crippen LogP) is 5.75. The Kier molecular flexibility index (Phi) is 12.5. The highest BCUT2D eigenvalue weighted by Gasteiger charge is 2.32. The lowest BCUT2D eigenvalue weighted by molar-refractivity contribution is -0.122. The summed E-state index contributed by atoms with van der Waals surface area (Å²) in [5.74, 6) is 2.01. The van der Waals surface area contributed by atoms with Crippen LogP contribution in [-0.2, 0) is 16.1 Å². The van der Waals surface area contributed by atoms with Gasteiger partial charge in [0.1, 0.15) is 23.9 Å². The maximum absolute atomic E-state index is 13.5. The Balaban J connectivity index is 1.10. The molecule has 54 heavy (non-hydrogen) atoms. The third-order valence-electron chi connectivity index (χ3n) is 9.49. The molecule has 0 saturated carbocycles. The number of nitrogens with one attached hydrogen (secondary N) is 2. The molecule has 1 fully saturated rings. The van der Waals surface area contributed by atoms with Gasteiger partial charge in [0.15, 0.2) is 17.3 Å². The van der Waals surface area contributed by atoms with E-state index in [1.165, 1.54) is 12.7 Å². The van der Waals surface area contributed by atoms with Crippen molar-refractivity contribution in [3.8, 4) is 28.7 Å². The highest BCUT2D eigenvalue weighted by atomic mass is 16.5. The molecule has 0 aromatic heterocycles. The standard InChI is InChI=1S/C42H46N4O8/c1-27-7-9-28(10-8-27)23-43-25-31(47)26-54-32-13-11-29(12-14-32)41(34-16-15-33(50-2)20-37(34)51-3)45-40(48)17-19-53-39-22-36-35(21-38(39)52-4)42(49)46-18-5-6-30(46)24-44-36/h7-16,20-22,24,30,41,43H,5-6,17-19,23,25-26H2,1-4H3,(H,45,48)/t30-,41?/m0/s1. The van der Waals surface area contributed by atoms with Crippen LogP contribution in [0.2, 0.25) is 0 Å². The van der Waals surface area contributed by atoms with E-state index < -0.39 is 6.04 Å². The van der Waals surface area contributed by atoms with Crippen molar-refractivity contribution in [3.63, 3.8) is 0 Å². The van der Waals surface area contributed by atoms with Gasteiger partial charge in [0.25, 0.3) is 5.91 Å².